The molecule has 1 unspecified atom stereocenters. The van der Waals surface area contributed by atoms with Gasteiger partial charge in [0.15, 0.2) is 0 Å². The van der Waals surface area contributed by atoms with E-state index in [0.29, 0.717) is 6.54 Å². The van der Waals surface area contributed by atoms with Crippen LogP contribution in [0.5, 0.6) is 5.75 Å². The number of hydrogen-bond acceptors (Lipinski definition) is 4. The number of halogens is 1. The average Bonchev–Trinajstić information content (AvgIpc) is 3.27. The van der Waals surface area contributed by atoms with Crippen LogP contribution in [0, 0.1) is 5.82 Å². The lowest BCUT2D eigenvalue weighted by molar-refractivity contribution is -0.120. The topological polar surface area (TPSA) is 70.7 Å². The Balaban J connectivity index is 1.56. The summed E-state index contributed by atoms with van der Waals surface area (Å²) in [6, 6.07) is 13.6. The number of amides is 2. The first-order valence-corrected chi connectivity index (χ1v) is 9.76. The third kappa shape index (κ3) is 5.54. The minimum absolute atomic E-state index is 0.0506. The Morgan fingerprint density at radius 2 is 1.76 bits per heavy atom. The highest BCUT2D eigenvalue weighted by Gasteiger charge is 2.24. The van der Waals surface area contributed by atoms with Crippen molar-refractivity contribution in [2.24, 2.45) is 0 Å². The van der Waals surface area contributed by atoms with E-state index in [1.807, 2.05) is 24.3 Å². The summed E-state index contributed by atoms with van der Waals surface area (Å²) in [6.45, 7) is 2.19. The molecule has 154 valence electrons. The van der Waals surface area contributed by atoms with Crippen molar-refractivity contribution in [2.75, 3.05) is 33.3 Å². The summed E-state index contributed by atoms with van der Waals surface area (Å²) in [5.74, 6) is -0.746. The van der Waals surface area contributed by atoms with E-state index in [9.17, 15) is 14.0 Å². The summed E-state index contributed by atoms with van der Waals surface area (Å²) in [4.78, 5) is 26.7. The highest BCUT2D eigenvalue weighted by atomic mass is 19.1. The maximum absolute atomic E-state index is 13.7. The molecule has 1 heterocycles. The minimum Gasteiger partial charge on any atom is -0.497 e. The van der Waals surface area contributed by atoms with Gasteiger partial charge in [0.25, 0.3) is 5.91 Å². The maximum atomic E-state index is 13.7. The van der Waals surface area contributed by atoms with E-state index in [4.69, 9.17) is 4.74 Å². The fraction of sp³-hybridized carbons (Fsp3) is 0.364. The Morgan fingerprint density at radius 3 is 2.41 bits per heavy atom. The van der Waals surface area contributed by atoms with E-state index in [-0.39, 0.29) is 24.1 Å². The van der Waals surface area contributed by atoms with Crippen LogP contribution in [0.2, 0.25) is 0 Å². The van der Waals surface area contributed by atoms with Crippen LogP contribution in [0.3, 0.4) is 0 Å². The van der Waals surface area contributed by atoms with Gasteiger partial charge in [-0.2, -0.15) is 0 Å². The number of ether oxygens (including phenoxy) is 1. The van der Waals surface area contributed by atoms with Crippen LogP contribution in [-0.4, -0.2) is 50.0 Å². The van der Waals surface area contributed by atoms with Gasteiger partial charge in [0, 0.05) is 6.54 Å². The molecular weight excluding hydrogens is 373 g/mol. The molecule has 1 fully saturated rings. The van der Waals surface area contributed by atoms with Crippen LogP contribution in [0.25, 0.3) is 0 Å². The van der Waals surface area contributed by atoms with Crippen molar-refractivity contribution >= 4 is 11.8 Å². The van der Waals surface area contributed by atoms with Crippen LogP contribution in [0.15, 0.2) is 48.5 Å². The van der Waals surface area contributed by atoms with Gasteiger partial charge >= 0.3 is 0 Å². The van der Waals surface area contributed by atoms with E-state index in [2.05, 4.69) is 15.5 Å². The maximum Gasteiger partial charge on any atom is 0.254 e. The number of benzene rings is 2. The zero-order chi connectivity index (χ0) is 20.6. The zero-order valence-corrected chi connectivity index (χ0v) is 16.5. The van der Waals surface area contributed by atoms with Crippen molar-refractivity contribution in [1.82, 2.24) is 15.5 Å². The molecule has 1 aliphatic rings. The second kappa shape index (κ2) is 10.0. The molecule has 0 radical (unpaired) electrons. The predicted octanol–water partition coefficient (Wildman–Crippen LogP) is 2.52. The summed E-state index contributed by atoms with van der Waals surface area (Å²) in [6.07, 6.45) is 2.28. The van der Waals surface area contributed by atoms with Gasteiger partial charge in [-0.25, -0.2) is 4.39 Å². The summed E-state index contributed by atoms with van der Waals surface area (Å²) in [7, 11) is 1.63. The van der Waals surface area contributed by atoms with Crippen molar-refractivity contribution in [2.45, 2.75) is 18.9 Å². The number of hydrogen-bond donors (Lipinski definition) is 2. The molecule has 2 amide bonds. The number of rotatable bonds is 8. The van der Waals surface area contributed by atoms with Crippen molar-refractivity contribution < 1.29 is 18.7 Å². The standard InChI is InChI=1S/C22H26FN3O3/c1-29-17-10-8-16(9-11-17)20(26-12-4-5-13-26)14-24-21(27)15-25-22(28)18-6-2-3-7-19(18)23/h2-3,6-11,20H,4-5,12-15H2,1H3,(H,24,27)(H,25,28). The van der Waals surface area contributed by atoms with Crippen molar-refractivity contribution in [3.63, 3.8) is 0 Å². The van der Waals surface area contributed by atoms with Gasteiger partial charge in [-0.3, -0.25) is 14.5 Å². The third-order valence-electron chi connectivity index (χ3n) is 5.10. The van der Waals surface area contributed by atoms with E-state index in [0.717, 1.165) is 37.2 Å². The van der Waals surface area contributed by atoms with Crippen LogP contribution >= 0.6 is 0 Å². The van der Waals surface area contributed by atoms with Crippen molar-refractivity contribution in [3.8, 4) is 5.75 Å². The zero-order valence-electron chi connectivity index (χ0n) is 16.5. The van der Waals surface area contributed by atoms with Gasteiger partial charge in [-0.05, 0) is 55.8 Å². The molecule has 0 aliphatic carbocycles. The van der Waals surface area contributed by atoms with Crippen LogP contribution in [0.1, 0.15) is 34.8 Å². The molecule has 1 aliphatic heterocycles. The smallest absolute Gasteiger partial charge is 0.254 e. The Labute approximate surface area is 170 Å². The predicted molar refractivity (Wildman–Crippen MR) is 108 cm³/mol. The van der Waals surface area contributed by atoms with Gasteiger partial charge in [0.2, 0.25) is 5.91 Å². The molecular formula is C22H26FN3O3. The number of nitrogens with zero attached hydrogens (tertiary/aromatic N) is 1. The fourth-order valence-corrected chi connectivity index (χ4v) is 3.51. The van der Waals surface area contributed by atoms with E-state index in [1.165, 1.54) is 18.2 Å². The molecule has 29 heavy (non-hydrogen) atoms. The van der Waals surface area contributed by atoms with Gasteiger partial charge in [-0.15, -0.1) is 0 Å². The van der Waals surface area contributed by atoms with Crippen LogP contribution in [-0.2, 0) is 4.79 Å². The summed E-state index contributed by atoms with van der Waals surface area (Å²) < 4.78 is 18.9. The van der Waals surface area contributed by atoms with Gasteiger partial charge in [0.05, 0.1) is 25.3 Å². The van der Waals surface area contributed by atoms with Crippen LogP contribution < -0.4 is 15.4 Å². The molecule has 3 rings (SSSR count). The fourth-order valence-electron chi connectivity index (χ4n) is 3.51. The summed E-state index contributed by atoms with van der Waals surface area (Å²) >= 11 is 0. The van der Waals surface area contributed by atoms with E-state index in [1.54, 1.807) is 13.2 Å². The first kappa shape index (κ1) is 20.8. The molecule has 0 bridgehead atoms. The Morgan fingerprint density at radius 1 is 1.07 bits per heavy atom. The molecule has 2 aromatic carbocycles. The molecule has 0 saturated carbocycles. The van der Waals surface area contributed by atoms with Crippen molar-refractivity contribution in [3.05, 3.63) is 65.5 Å². The second-order valence-electron chi connectivity index (χ2n) is 7.00. The van der Waals surface area contributed by atoms with E-state index < -0.39 is 11.7 Å². The summed E-state index contributed by atoms with van der Waals surface area (Å²) in [5, 5.41) is 5.35. The lowest BCUT2D eigenvalue weighted by Crippen LogP contribution is -2.41. The summed E-state index contributed by atoms with van der Waals surface area (Å²) in [5.41, 5.74) is 1.02. The highest BCUT2D eigenvalue weighted by molar-refractivity contribution is 5.96. The normalized spacial score (nSPS) is 15.0. The minimum atomic E-state index is -0.612. The Hall–Kier alpha value is -2.93. The molecule has 1 saturated heterocycles. The molecule has 2 N–H and O–H groups in total. The SMILES string of the molecule is COc1ccc(C(CNC(=O)CNC(=O)c2ccccc2F)N2CCCC2)cc1. The highest BCUT2D eigenvalue weighted by Crippen LogP contribution is 2.26. The number of methoxy groups -OCH3 is 1. The lowest BCUT2D eigenvalue weighted by Gasteiger charge is -2.28. The third-order valence-corrected chi connectivity index (χ3v) is 5.10. The largest absolute Gasteiger partial charge is 0.497 e. The van der Waals surface area contributed by atoms with Crippen molar-refractivity contribution in [1.29, 1.82) is 0 Å². The Bertz CT molecular complexity index is 835. The number of carbonyl (C=O) groups is 2. The Kier molecular flexibility index (Phi) is 7.19. The molecule has 0 spiro atoms. The number of likely N-dealkylation sites (tertiary alicyclic amines) is 1. The molecule has 2 aromatic rings. The first-order chi connectivity index (χ1) is 14.1. The second-order valence-corrected chi connectivity index (χ2v) is 7.00. The molecule has 0 aromatic heterocycles. The van der Waals surface area contributed by atoms with Gasteiger partial charge in [0.1, 0.15) is 11.6 Å². The van der Waals surface area contributed by atoms with Gasteiger partial charge in [-0.1, -0.05) is 24.3 Å². The number of nitrogens with one attached hydrogen (secondary N) is 2. The molecule has 6 nitrogen and oxygen atoms in total. The molecule has 7 heteroatoms. The lowest BCUT2D eigenvalue weighted by atomic mass is 10.1. The monoisotopic (exact) mass is 399 g/mol. The first-order valence-electron chi connectivity index (χ1n) is 9.76. The van der Waals surface area contributed by atoms with Gasteiger partial charge < -0.3 is 15.4 Å². The molecule has 1 atom stereocenters. The quantitative estimate of drug-likeness (QED) is 0.716. The van der Waals surface area contributed by atoms with E-state index >= 15 is 0 Å². The van der Waals surface area contributed by atoms with Crippen LogP contribution in [0.4, 0.5) is 4.39 Å². The number of carbonyl (C=O) groups excluding carboxylic acids is 2. The average molecular weight is 399 g/mol.